The van der Waals surface area contributed by atoms with Crippen molar-refractivity contribution in [3.63, 3.8) is 0 Å². The van der Waals surface area contributed by atoms with Gasteiger partial charge in [0.25, 0.3) is 0 Å². The lowest BCUT2D eigenvalue weighted by Gasteiger charge is -2.36. The maximum absolute atomic E-state index is 12.1. The van der Waals surface area contributed by atoms with E-state index in [0.29, 0.717) is 12.5 Å². The highest BCUT2D eigenvalue weighted by Gasteiger charge is 2.35. The van der Waals surface area contributed by atoms with Crippen LogP contribution in [0.5, 0.6) is 0 Å². The van der Waals surface area contributed by atoms with E-state index in [1.165, 1.54) is 22.3 Å². The SMILES string of the molecule is CCOC(=O)N1CCC(C2C3=C(C=Cc4cc(Br)cnc42)C=C(C)CC=C3)CC1. The smallest absolute Gasteiger partial charge is 0.409 e. The van der Waals surface area contributed by atoms with Crippen molar-refractivity contribution in [3.05, 3.63) is 69.0 Å². The number of fused-ring (bicyclic) bond motifs is 1. The highest BCUT2D eigenvalue weighted by molar-refractivity contribution is 9.10. The Kier molecular flexibility index (Phi) is 6.04. The first-order valence-corrected chi connectivity index (χ1v) is 11.2. The minimum absolute atomic E-state index is 0.191. The fourth-order valence-corrected chi connectivity index (χ4v) is 4.95. The maximum Gasteiger partial charge on any atom is 0.409 e. The highest BCUT2D eigenvalue weighted by atomic mass is 79.9. The zero-order chi connectivity index (χ0) is 20.4. The molecule has 1 fully saturated rings. The van der Waals surface area contributed by atoms with Crippen molar-refractivity contribution in [2.75, 3.05) is 19.7 Å². The van der Waals surface area contributed by atoms with Gasteiger partial charge < -0.3 is 9.64 Å². The van der Waals surface area contributed by atoms with Gasteiger partial charge in [-0.1, -0.05) is 36.0 Å². The number of carbonyl (C=O) groups excluding carboxylic acids is 1. The first-order valence-electron chi connectivity index (χ1n) is 10.4. The third-order valence-corrected chi connectivity index (χ3v) is 6.43. The quantitative estimate of drug-likeness (QED) is 0.547. The maximum atomic E-state index is 12.1. The predicted octanol–water partition coefficient (Wildman–Crippen LogP) is 6.03. The molecule has 0 radical (unpaired) electrons. The molecule has 0 bridgehead atoms. The van der Waals surface area contributed by atoms with E-state index in [0.717, 1.165) is 42.5 Å². The van der Waals surface area contributed by atoms with Crippen molar-refractivity contribution in [2.45, 2.75) is 39.0 Å². The molecule has 1 aliphatic heterocycles. The minimum atomic E-state index is -0.191. The monoisotopic (exact) mass is 454 g/mol. The number of rotatable bonds is 2. The number of pyridine rings is 1. The van der Waals surface area contributed by atoms with Gasteiger partial charge in [0.15, 0.2) is 0 Å². The number of hydrogen-bond acceptors (Lipinski definition) is 3. The largest absolute Gasteiger partial charge is 0.450 e. The van der Waals surface area contributed by atoms with E-state index in [1.54, 1.807) is 0 Å². The summed E-state index contributed by atoms with van der Waals surface area (Å²) in [6, 6.07) is 2.16. The molecule has 3 aliphatic rings. The number of carbonyl (C=O) groups is 1. The molecular weight excluding hydrogens is 428 g/mol. The molecule has 0 saturated carbocycles. The van der Waals surface area contributed by atoms with Crippen LogP contribution in [0.4, 0.5) is 4.79 Å². The van der Waals surface area contributed by atoms with E-state index in [-0.39, 0.29) is 12.0 Å². The van der Waals surface area contributed by atoms with Crippen LogP contribution in [-0.2, 0) is 4.74 Å². The first kappa shape index (κ1) is 20.1. The Bertz CT molecular complexity index is 921. The van der Waals surface area contributed by atoms with Crippen LogP contribution < -0.4 is 0 Å². The molecule has 152 valence electrons. The van der Waals surface area contributed by atoms with Gasteiger partial charge in [-0.05, 0) is 77.7 Å². The summed E-state index contributed by atoms with van der Waals surface area (Å²) in [6.07, 6.45) is 15.9. The van der Waals surface area contributed by atoms with Crippen LogP contribution in [0.15, 0.2) is 57.8 Å². The number of amides is 1. The topological polar surface area (TPSA) is 42.4 Å². The molecule has 0 N–H and O–H groups in total. The molecule has 2 aliphatic carbocycles. The van der Waals surface area contributed by atoms with Gasteiger partial charge in [0.1, 0.15) is 0 Å². The first-order chi connectivity index (χ1) is 14.1. The van der Waals surface area contributed by atoms with Crippen molar-refractivity contribution in [1.82, 2.24) is 9.88 Å². The van der Waals surface area contributed by atoms with Crippen molar-refractivity contribution < 1.29 is 9.53 Å². The van der Waals surface area contributed by atoms with E-state index in [1.807, 2.05) is 18.0 Å². The molecule has 5 heteroatoms. The van der Waals surface area contributed by atoms with Crippen LogP contribution >= 0.6 is 15.9 Å². The van der Waals surface area contributed by atoms with Gasteiger partial charge in [-0.2, -0.15) is 0 Å². The van der Waals surface area contributed by atoms with Gasteiger partial charge in [0, 0.05) is 29.7 Å². The summed E-state index contributed by atoms with van der Waals surface area (Å²) in [5, 5.41) is 0. The number of halogens is 1. The van der Waals surface area contributed by atoms with Gasteiger partial charge in [0.05, 0.1) is 12.3 Å². The minimum Gasteiger partial charge on any atom is -0.450 e. The van der Waals surface area contributed by atoms with Gasteiger partial charge in [0.2, 0.25) is 0 Å². The van der Waals surface area contributed by atoms with Crippen LogP contribution in [0.2, 0.25) is 0 Å². The van der Waals surface area contributed by atoms with Gasteiger partial charge in [-0.25, -0.2) is 4.79 Å². The lowest BCUT2D eigenvalue weighted by molar-refractivity contribution is 0.0900. The molecule has 1 unspecified atom stereocenters. The fraction of sp³-hybridized carbons (Fsp3) is 0.417. The Morgan fingerprint density at radius 2 is 2.07 bits per heavy atom. The molecule has 1 saturated heterocycles. The Labute approximate surface area is 181 Å². The van der Waals surface area contributed by atoms with Crippen molar-refractivity contribution >= 4 is 28.1 Å². The van der Waals surface area contributed by atoms with E-state index < -0.39 is 0 Å². The van der Waals surface area contributed by atoms with Crippen LogP contribution in [0, 0.1) is 5.92 Å². The molecule has 29 heavy (non-hydrogen) atoms. The number of nitrogens with zero attached hydrogens (tertiary/aromatic N) is 2. The standard InChI is InChI=1S/C24H27BrN2O2/c1-3-29-24(28)27-11-9-17(10-12-27)22-21-6-4-5-16(2)13-18(21)7-8-19-14-20(25)15-26-23(19)22/h4,6-8,13-15,17,22H,3,5,9-12H2,1-2H3. The van der Waals surface area contributed by atoms with Crippen LogP contribution in [0.1, 0.15) is 50.3 Å². The Hall–Kier alpha value is -2.14. The summed E-state index contributed by atoms with van der Waals surface area (Å²) >= 11 is 3.58. The summed E-state index contributed by atoms with van der Waals surface area (Å²) in [4.78, 5) is 18.8. The summed E-state index contributed by atoms with van der Waals surface area (Å²) in [5.41, 5.74) is 6.31. The Morgan fingerprint density at radius 3 is 2.83 bits per heavy atom. The zero-order valence-corrected chi connectivity index (χ0v) is 18.6. The molecule has 0 aromatic carbocycles. The third kappa shape index (κ3) is 4.25. The number of hydrogen-bond donors (Lipinski definition) is 0. The second-order valence-electron chi connectivity index (χ2n) is 7.97. The third-order valence-electron chi connectivity index (χ3n) is 6.00. The van der Waals surface area contributed by atoms with Gasteiger partial charge in [-0.3, -0.25) is 4.98 Å². The number of allylic oxidation sites excluding steroid dienone is 7. The van der Waals surface area contributed by atoms with Gasteiger partial charge >= 0.3 is 6.09 Å². The second-order valence-corrected chi connectivity index (χ2v) is 8.89. The highest BCUT2D eigenvalue weighted by Crippen LogP contribution is 2.44. The van der Waals surface area contributed by atoms with E-state index in [4.69, 9.17) is 9.72 Å². The molecular formula is C24H27BrN2O2. The van der Waals surface area contributed by atoms with Gasteiger partial charge in [-0.15, -0.1) is 0 Å². The molecule has 0 spiro atoms. The lowest BCUT2D eigenvalue weighted by Crippen LogP contribution is -2.40. The zero-order valence-electron chi connectivity index (χ0n) is 17.0. The van der Waals surface area contributed by atoms with Crippen molar-refractivity contribution in [1.29, 1.82) is 0 Å². The number of likely N-dealkylation sites (tertiary alicyclic amines) is 1. The Morgan fingerprint density at radius 1 is 1.28 bits per heavy atom. The molecule has 1 amide bonds. The molecule has 1 aromatic rings. The summed E-state index contributed by atoms with van der Waals surface area (Å²) in [7, 11) is 0. The summed E-state index contributed by atoms with van der Waals surface area (Å²) < 4.78 is 6.19. The van der Waals surface area contributed by atoms with Crippen LogP contribution in [-0.4, -0.2) is 35.7 Å². The molecule has 4 rings (SSSR count). The van der Waals surface area contributed by atoms with Crippen molar-refractivity contribution in [3.8, 4) is 0 Å². The number of piperidine rings is 1. The van der Waals surface area contributed by atoms with Crippen molar-refractivity contribution in [2.24, 2.45) is 5.92 Å². The van der Waals surface area contributed by atoms with Crippen LogP contribution in [0.25, 0.3) is 6.08 Å². The second kappa shape index (κ2) is 8.70. The van der Waals surface area contributed by atoms with E-state index >= 15 is 0 Å². The number of aromatic nitrogens is 1. The lowest BCUT2D eigenvalue weighted by atomic mass is 9.76. The summed E-state index contributed by atoms with van der Waals surface area (Å²) in [6.45, 7) is 5.94. The van der Waals surface area contributed by atoms with Crippen LogP contribution in [0.3, 0.4) is 0 Å². The molecule has 1 atom stereocenters. The Balaban J connectivity index is 1.70. The average Bonchev–Trinajstić information content (AvgIpc) is 2.97. The van der Waals surface area contributed by atoms with E-state index in [2.05, 4.69) is 59.3 Å². The normalized spacial score (nSPS) is 21.8. The molecule has 4 nitrogen and oxygen atoms in total. The average molecular weight is 455 g/mol. The molecule has 2 heterocycles. The summed E-state index contributed by atoms with van der Waals surface area (Å²) in [5.74, 6) is 0.667. The fourth-order valence-electron chi connectivity index (χ4n) is 4.60. The van der Waals surface area contributed by atoms with E-state index in [9.17, 15) is 4.79 Å². The molecule has 1 aromatic heterocycles. The predicted molar refractivity (Wildman–Crippen MR) is 120 cm³/mol. The number of ether oxygens (including phenoxy) is 1.